The van der Waals surface area contributed by atoms with Crippen molar-refractivity contribution in [2.24, 2.45) is 22.7 Å². The van der Waals surface area contributed by atoms with Gasteiger partial charge in [0, 0.05) is 5.41 Å². The first-order valence-corrected chi connectivity index (χ1v) is 6.10. The van der Waals surface area contributed by atoms with Gasteiger partial charge in [-0.2, -0.15) is 0 Å². The molecule has 4 bridgehead atoms. The second-order valence-corrected chi connectivity index (χ2v) is 6.30. The zero-order valence-corrected chi connectivity index (χ0v) is 10.3. The van der Waals surface area contributed by atoms with E-state index in [2.05, 4.69) is 5.73 Å². The van der Waals surface area contributed by atoms with Crippen LogP contribution in [-0.2, 0) is 4.79 Å². The maximum absolute atomic E-state index is 11.5. The van der Waals surface area contributed by atoms with E-state index in [-0.39, 0.29) is 17.8 Å². The van der Waals surface area contributed by atoms with E-state index in [9.17, 15) is 9.90 Å². The van der Waals surface area contributed by atoms with E-state index in [1.807, 2.05) is 0 Å². The van der Waals surface area contributed by atoms with Gasteiger partial charge in [-0.3, -0.25) is 4.79 Å². The lowest BCUT2D eigenvalue weighted by molar-refractivity contribution is -0.404. The summed E-state index contributed by atoms with van der Waals surface area (Å²) in [5.74, 6) is 0.836. The Hall–Kier alpha value is -0.280. The number of quaternary nitrogens is 1. The molecule has 4 fully saturated rings. The van der Waals surface area contributed by atoms with Crippen molar-refractivity contribution in [2.75, 3.05) is 6.54 Å². The van der Waals surface area contributed by atoms with Gasteiger partial charge in [0.2, 0.25) is 0 Å². The first-order valence-electron chi connectivity index (χ1n) is 6.10. The van der Waals surface area contributed by atoms with Gasteiger partial charge in [-0.25, -0.2) is 0 Å². The van der Waals surface area contributed by atoms with Crippen LogP contribution in [0.5, 0.6) is 0 Å². The molecule has 0 saturated heterocycles. The predicted molar refractivity (Wildman–Crippen MR) is 54.9 cm³/mol. The molecule has 4 aliphatic carbocycles. The monoisotopic (exact) mass is 245 g/mol. The van der Waals surface area contributed by atoms with Gasteiger partial charge in [0.05, 0.1) is 12.0 Å². The topological polar surface area (TPSA) is 64.9 Å². The summed E-state index contributed by atoms with van der Waals surface area (Å²) in [5, 5.41) is 9.47. The molecule has 0 heterocycles. The fourth-order valence-electron chi connectivity index (χ4n) is 4.99. The molecule has 0 amide bonds. The van der Waals surface area contributed by atoms with Crippen molar-refractivity contribution in [3.63, 3.8) is 0 Å². The highest BCUT2D eigenvalue weighted by atomic mass is 35.5. The second-order valence-electron chi connectivity index (χ2n) is 6.30. The molecule has 16 heavy (non-hydrogen) atoms. The SMILES string of the molecule is [Cl-].[NH3+]CC12CC3CC(C1)CC(C(=O)O)(C3)C2. The molecule has 4 aliphatic rings. The van der Waals surface area contributed by atoms with Crippen molar-refractivity contribution >= 4 is 5.97 Å². The van der Waals surface area contributed by atoms with Crippen molar-refractivity contribution in [3.05, 3.63) is 0 Å². The van der Waals surface area contributed by atoms with Crippen LogP contribution in [0.3, 0.4) is 0 Å². The minimum Gasteiger partial charge on any atom is -1.00 e. The van der Waals surface area contributed by atoms with Crippen molar-refractivity contribution in [2.45, 2.75) is 38.5 Å². The third kappa shape index (κ3) is 1.48. The molecule has 92 valence electrons. The van der Waals surface area contributed by atoms with Crippen LogP contribution in [0.15, 0.2) is 0 Å². The van der Waals surface area contributed by atoms with Crippen LogP contribution in [0, 0.1) is 22.7 Å². The van der Waals surface area contributed by atoms with Crippen molar-refractivity contribution < 1.29 is 28.0 Å². The minimum absolute atomic E-state index is 0. The van der Waals surface area contributed by atoms with Crippen LogP contribution >= 0.6 is 0 Å². The minimum atomic E-state index is -0.533. The molecule has 0 aliphatic heterocycles. The van der Waals surface area contributed by atoms with Crippen LogP contribution in [0.4, 0.5) is 0 Å². The Morgan fingerprint density at radius 1 is 1.25 bits per heavy atom. The molecule has 3 nitrogen and oxygen atoms in total. The maximum atomic E-state index is 11.5. The van der Waals surface area contributed by atoms with Crippen LogP contribution < -0.4 is 18.1 Å². The first kappa shape index (κ1) is 12.2. The van der Waals surface area contributed by atoms with E-state index in [4.69, 9.17) is 0 Å². The first-order chi connectivity index (χ1) is 7.07. The normalized spacial score (nSPS) is 48.8. The van der Waals surface area contributed by atoms with Crippen LogP contribution in [0.2, 0.25) is 0 Å². The lowest BCUT2D eigenvalue weighted by atomic mass is 9.44. The number of aliphatic carboxylic acids is 1. The van der Waals surface area contributed by atoms with E-state index < -0.39 is 5.97 Å². The van der Waals surface area contributed by atoms with Gasteiger partial charge in [0.15, 0.2) is 0 Å². The molecular formula is C12H20ClNO2. The van der Waals surface area contributed by atoms with E-state index in [0.717, 1.165) is 25.8 Å². The molecule has 0 radical (unpaired) electrons. The summed E-state index contributed by atoms with van der Waals surface area (Å²) in [5.41, 5.74) is 4.01. The van der Waals surface area contributed by atoms with Gasteiger partial charge in [0.25, 0.3) is 0 Å². The molecule has 2 atom stereocenters. The Morgan fingerprint density at radius 2 is 1.81 bits per heavy atom. The smallest absolute Gasteiger partial charge is 0.309 e. The Labute approximate surface area is 102 Å². The fraction of sp³-hybridized carbons (Fsp3) is 0.917. The van der Waals surface area contributed by atoms with Crippen molar-refractivity contribution in [3.8, 4) is 0 Å². The summed E-state index contributed by atoms with van der Waals surface area (Å²) in [6.45, 7) is 0.940. The lowest BCUT2D eigenvalue weighted by Gasteiger charge is -2.59. The lowest BCUT2D eigenvalue weighted by Crippen LogP contribution is -3.00. The summed E-state index contributed by atoms with van der Waals surface area (Å²) >= 11 is 0. The van der Waals surface area contributed by atoms with E-state index in [1.165, 1.54) is 19.3 Å². The number of carboxylic acids is 1. The van der Waals surface area contributed by atoms with E-state index in [0.29, 0.717) is 17.3 Å². The fourth-order valence-corrected chi connectivity index (χ4v) is 4.99. The number of hydrogen-bond donors (Lipinski definition) is 2. The average molecular weight is 246 g/mol. The Kier molecular flexibility index (Phi) is 2.75. The average Bonchev–Trinajstić information content (AvgIpc) is 2.15. The van der Waals surface area contributed by atoms with Gasteiger partial charge < -0.3 is 23.2 Å². The summed E-state index contributed by atoms with van der Waals surface area (Å²) < 4.78 is 0. The third-order valence-electron chi connectivity index (χ3n) is 5.17. The summed E-state index contributed by atoms with van der Waals surface area (Å²) in [6, 6.07) is 0. The molecule has 0 spiro atoms. The number of carbonyl (C=O) groups is 1. The second kappa shape index (κ2) is 3.61. The molecule has 0 aromatic heterocycles. The number of hydrogen-bond acceptors (Lipinski definition) is 1. The number of rotatable bonds is 2. The molecular weight excluding hydrogens is 226 g/mol. The molecule has 4 N–H and O–H groups in total. The van der Waals surface area contributed by atoms with E-state index >= 15 is 0 Å². The molecule has 2 unspecified atom stereocenters. The highest BCUT2D eigenvalue weighted by molar-refractivity contribution is 5.75. The maximum Gasteiger partial charge on any atom is 0.309 e. The molecule has 4 rings (SSSR count). The van der Waals surface area contributed by atoms with E-state index in [1.54, 1.807) is 0 Å². The van der Waals surface area contributed by atoms with Crippen molar-refractivity contribution in [1.29, 1.82) is 0 Å². The Morgan fingerprint density at radius 3 is 2.25 bits per heavy atom. The Bertz CT molecular complexity index is 304. The number of halogens is 1. The quantitative estimate of drug-likeness (QED) is 0.586. The van der Waals surface area contributed by atoms with Crippen molar-refractivity contribution in [1.82, 2.24) is 0 Å². The van der Waals surface area contributed by atoms with Gasteiger partial charge in [-0.1, -0.05) is 0 Å². The van der Waals surface area contributed by atoms with Gasteiger partial charge in [0.1, 0.15) is 0 Å². The number of carboxylic acid groups (broad SMARTS) is 1. The summed E-state index contributed by atoms with van der Waals surface area (Å²) in [6.07, 6.45) is 6.59. The highest BCUT2D eigenvalue weighted by Gasteiger charge is 2.61. The van der Waals surface area contributed by atoms with Crippen LogP contribution in [0.1, 0.15) is 38.5 Å². The van der Waals surface area contributed by atoms with Gasteiger partial charge in [-0.05, 0) is 50.4 Å². The third-order valence-corrected chi connectivity index (χ3v) is 5.17. The Balaban J connectivity index is 0.000000963. The zero-order chi connectivity index (χ0) is 10.7. The summed E-state index contributed by atoms with van der Waals surface area (Å²) in [7, 11) is 0. The summed E-state index contributed by atoms with van der Waals surface area (Å²) in [4.78, 5) is 11.5. The molecule has 0 aromatic carbocycles. The zero-order valence-electron chi connectivity index (χ0n) is 9.54. The van der Waals surface area contributed by atoms with Gasteiger partial charge in [-0.15, -0.1) is 0 Å². The largest absolute Gasteiger partial charge is 1.00 e. The van der Waals surface area contributed by atoms with Crippen LogP contribution in [-0.4, -0.2) is 17.6 Å². The van der Waals surface area contributed by atoms with Crippen LogP contribution in [0.25, 0.3) is 0 Å². The highest BCUT2D eigenvalue weighted by Crippen LogP contribution is 2.64. The standard InChI is InChI=1S/C12H19NO2.ClH/c13-7-11-2-8-1-9(3-11)5-12(4-8,6-11)10(14)15;/h8-9H,1-7,13H2,(H,14,15);1H. The molecule has 4 saturated carbocycles. The van der Waals surface area contributed by atoms with Gasteiger partial charge >= 0.3 is 5.97 Å². The molecule has 0 aromatic rings. The predicted octanol–water partition coefficient (Wildman–Crippen LogP) is -2.10. The molecule has 4 heteroatoms.